The lowest BCUT2D eigenvalue weighted by atomic mass is 9.96. The Morgan fingerprint density at radius 2 is 1.63 bits per heavy atom. The van der Waals surface area contributed by atoms with Crippen molar-refractivity contribution in [2.24, 2.45) is 0 Å². The van der Waals surface area contributed by atoms with Crippen molar-refractivity contribution in [2.75, 3.05) is 13.1 Å². The number of halogens is 7. The molecular weight excluding hydrogens is 536 g/mol. The number of piperidine rings is 1. The summed E-state index contributed by atoms with van der Waals surface area (Å²) in [5.41, 5.74) is -0.295. The molecule has 1 aliphatic rings. The van der Waals surface area contributed by atoms with Crippen molar-refractivity contribution in [1.82, 2.24) is 25.0 Å². The Bertz CT molecular complexity index is 1400. The molecule has 2 aromatic heterocycles. The zero-order valence-electron chi connectivity index (χ0n) is 19.6. The van der Waals surface area contributed by atoms with Crippen LogP contribution in [0.1, 0.15) is 41.5 Å². The van der Waals surface area contributed by atoms with Gasteiger partial charge in [-0.15, -0.1) is 0 Å². The number of imidazole rings is 1. The zero-order chi connectivity index (χ0) is 27.1. The molecule has 1 fully saturated rings. The average Bonchev–Trinajstić information content (AvgIpc) is 3.54. The second-order valence-electron chi connectivity index (χ2n) is 9.02. The van der Waals surface area contributed by atoms with Gasteiger partial charge in [-0.1, -0.05) is 28.9 Å². The van der Waals surface area contributed by atoms with E-state index in [1.807, 2.05) is 0 Å². The van der Waals surface area contributed by atoms with Gasteiger partial charge in [0, 0.05) is 11.5 Å². The topological polar surface area (TPSA) is 70.8 Å². The van der Waals surface area contributed by atoms with Crippen LogP contribution in [0.25, 0.3) is 22.7 Å². The van der Waals surface area contributed by atoms with Crippen molar-refractivity contribution in [1.29, 1.82) is 0 Å². The molecule has 0 unspecified atom stereocenters. The number of hydrogen-bond donors (Lipinski definition) is 1. The van der Waals surface area contributed by atoms with Crippen molar-refractivity contribution in [3.8, 4) is 22.7 Å². The number of H-pyrrole nitrogens is 1. The number of nitrogens with one attached hydrogen (secondary N) is 1. The largest absolute Gasteiger partial charge is 0.417 e. The van der Waals surface area contributed by atoms with E-state index >= 15 is 0 Å². The van der Waals surface area contributed by atoms with Crippen molar-refractivity contribution in [3.63, 3.8) is 0 Å². The van der Waals surface area contributed by atoms with Crippen LogP contribution in [0, 0.1) is 0 Å². The summed E-state index contributed by atoms with van der Waals surface area (Å²) in [6.45, 7) is 1.76. The molecule has 0 atom stereocenters. The summed E-state index contributed by atoms with van der Waals surface area (Å²) >= 11 is 5.67. The third kappa shape index (κ3) is 5.70. The Hall–Kier alpha value is -3.38. The Morgan fingerprint density at radius 3 is 2.29 bits per heavy atom. The molecule has 2 aromatic carbocycles. The molecule has 0 aliphatic carbocycles. The second kappa shape index (κ2) is 10.1. The van der Waals surface area contributed by atoms with Crippen LogP contribution in [0.15, 0.2) is 53.2 Å². The highest BCUT2D eigenvalue weighted by atomic mass is 35.5. The van der Waals surface area contributed by atoms with Gasteiger partial charge >= 0.3 is 12.4 Å². The highest BCUT2D eigenvalue weighted by Crippen LogP contribution is 2.37. The van der Waals surface area contributed by atoms with E-state index in [1.54, 1.807) is 6.20 Å². The maximum Gasteiger partial charge on any atom is 0.417 e. The Balaban J connectivity index is 1.18. The summed E-state index contributed by atoms with van der Waals surface area (Å²) in [5.74, 6) is 1.24. The maximum atomic E-state index is 13.2. The van der Waals surface area contributed by atoms with Crippen LogP contribution in [0.3, 0.4) is 0 Å². The van der Waals surface area contributed by atoms with Crippen LogP contribution in [0.4, 0.5) is 26.3 Å². The SMILES string of the molecule is FC(F)(F)c1ccc(-c2cnc(C3CCN(Cc4noc(-c5ccc(Cl)c(C(F)(F)F)c5)n4)CC3)[nH]2)cc1. The molecule has 5 rings (SSSR count). The number of aromatic amines is 1. The summed E-state index contributed by atoms with van der Waals surface area (Å²) in [7, 11) is 0. The molecule has 1 saturated heterocycles. The molecule has 0 saturated carbocycles. The van der Waals surface area contributed by atoms with Crippen LogP contribution in [-0.4, -0.2) is 38.1 Å². The van der Waals surface area contributed by atoms with Gasteiger partial charge < -0.3 is 9.51 Å². The molecular formula is C25H20ClF6N5O. The highest BCUT2D eigenvalue weighted by molar-refractivity contribution is 6.31. The third-order valence-electron chi connectivity index (χ3n) is 6.44. The molecule has 1 N–H and O–H groups in total. The minimum absolute atomic E-state index is 0.0246. The predicted molar refractivity (Wildman–Crippen MR) is 126 cm³/mol. The highest BCUT2D eigenvalue weighted by Gasteiger charge is 2.34. The van der Waals surface area contributed by atoms with Gasteiger partial charge in [0.05, 0.1) is 34.6 Å². The lowest BCUT2D eigenvalue weighted by Gasteiger charge is -2.30. The van der Waals surface area contributed by atoms with Gasteiger partial charge in [0.2, 0.25) is 0 Å². The monoisotopic (exact) mass is 555 g/mol. The van der Waals surface area contributed by atoms with Gasteiger partial charge in [0.1, 0.15) is 5.82 Å². The molecule has 38 heavy (non-hydrogen) atoms. The van der Waals surface area contributed by atoms with Crippen molar-refractivity contribution in [3.05, 3.63) is 76.5 Å². The molecule has 4 aromatic rings. The summed E-state index contributed by atoms with van der Waals surface area (Å²) in [5, 5.41) is 3.50. The molecule has 200 valence electrons. The first-order valence-corrected chi connectivity index (χ1v) is 12.0. The minimum atomic E-state index is -4.60. The van der Waals surface area contributed by atoms with Gasteiger partial charge in [0.25, 0.3) is 5.89 Å². The van der Waals surface area contributed by atoms with E-state index in [4.69, 9.17) is 16.1 Å². The minimum Gasteiger partial charge on any atom is -0.342 e. The Kier molecular flexibility index (Phi) is 6.95. The predicted octanol–water partition coefficient (Wildman–Crippen LogP) is 7.20. The third-order valence-corrected chi connectivity index (χ3v) is 6.77. The number of likely N-dealkylation sites (tertiary alicyclic amines) is 1. The van der Waals surface area contributed by atoms with E-state index in [2.05, 4.69) is 25.0 Å². The van der Waals surface area contributed by atoms with Gasteiger partial charge in [0.15, 0.2) is 5.82 Å². The fourth-order valence-electron chi connectivity index (χ4n) is 4.41. The van der Waals surface area contributed by atoms with Crippen molar-refractivity contribution in [2.45, 2.75) is 37.7 Å². The number of benzene rings is 2. The molecule has 1 aliphatic heterocycles. The van der Waals surface area contributed by atoms with Crippen LogP contribution in [-0.2, 0) is 18.9 Å². The molecule has 13 heteroatoms. The van der Waals surface area contributed by atoms with E-state index in [9.17, 15) is 26.3 Å². The smallest absolute Gasteiger partial charge is 0.342 e. The van der Waals surface area contributed by atoms with E-state index in [0.717, 1.165) is 42.9 Å². The van der Waals surface area contributed by atoms with Crippen LogP contribution < -0.4 is 0 Å². The van der Waals surface area contributed by atoms with Crippen molar-refractivity contribution < 1.29 is 30.9 Å². The Morgan fingerprint density at radius 1 is 0.947 bits per heavy atom. The molecule has 0 amide bonds. The summed E-state index contributed by atoms with van der Waals surface area (Å²) in [6, 6.07) is 8.33. The molecule has 0 bridgehead atoms. The average molecular weight is 556 g/mol. The summed E-state index contributed by atoms with van der Waals surface area (Å²) < 4.78 is 83.1. The van der Waals surface area contributed by atoms with Gasteiger partial charge in [-0.05, 0) is 61.8 Å². The van der Waals surface area contributed by atoms with E-state index in [0.29, 0.717) is 36.7 Å². The first-order chi connectivity index (χ1) is 18.0. The molecule has 3 heterocycles. The standard InChI is InChI=1S/C25H20ClF6N5O/c26-19-6-3-16(11-18(19)25(30,31)32)23-35-21(36-38-23)13-37-9-7-15(8-10-37)22-33-12-20(34-22)14-1-4-17(5-2-14)24(27,28)29/h1-6,11-12,15H,7-10,13H2,(H,33,34). The fourth-order valence-corrected chi connectivity index (χ4v) is 4.63. The van der Waals surface area contributed by atoms with Gasteiger partial charge in [-0.2, -0.15) is 31.3 Å². The fraction of sp³-hybridized carbons (Fsp3) is 0.320. The number of aromatic nitrogens is 4. The lowest BCUT2D eigenvalue weighted by Crippen LogP contribution is -2.33. The van der Waals surface area contributed by atoms with Crippen LogP contribution >= 0.6 is 11.6 Å². The number of nitrogens with zero attached hydrogens (tertiary/aromatic N) is 4. The van der Waals surface area contributed by atoms with E-state index in [1.165, 1.54) is 18.2 Å². The zero-order valence-corrected chi connectivity index (χ0v) is 20.3. The van der Waals surface area contributed by atoms with Gasteiger partial charge in [-0.3, -0.25) is 4.90 Å². The summed E-state index contributed by atoms with van der Waals surface area (Å²) in [6.07, 6.45) is -5.83. The number of rotatable bonds is 5. The van der Waals surface area contributed by atoms with Crippen molar-refractivity contribution >= 4 is 11.6 Å². The normalized spacial score (nSPS) is 15.8. The maximum absolute atomic E-state index is 13.2. The number of alkyl halides is 6. The van der Waals surface area contributed by atoms with E-state index in [-0.39, 0.29) is 17.4 Å². The number of hydrogen-bond acceptors (Lipinski definition) is 5. The quantitative estimate of drug-likeness (QED) is 0.264. The van der Waals surface area contributed by atoms with Gasteiger partial charge in [-0.25, -0.2) is 4.98 Å². The second-order valence-corrected chi connectivity index (χ2v) is 9.42. The Labute approximate surface area is 217 Å². The molecule has 6 nitrogen and oxygen atoms in total. The molecule has 0 spiro atoms. The molecule has 0 radical (unpaired) electrons. The first-order valence-electron chi connectivity index (χ1n) is 11.6. The van der Waals surface area contributed by atoms with E-state index < -0.39 is 28.5 Å². The summed E-state index contributed by atoms with van der Waals surface area (Å²) in [4.78, 5) is 14.0. The van der Waals surface area contributed by atoms with Crippen LogP contribution in [0.2, 0.25) is 5.02 Å². The lowest BCUT2D eigenvalue weighted by molar-refractivity contribution is -0.138. The van der Waals surface area contributed by atoms with Crippen LogP contribution in [0.5, 0.6) is 0 Å². The first kappa shape index (κ1) is 26.2.